The fourth-order valence-electron chi connectivity index (χ4n) is 4.97. The zero-order valence-electron chi connectivity index (χ0n) is 22.4. The molecule has 3 aromatic rings. The Balaban J connectivity index is 1.63. The van der Waals surface area contributed by atoms with Crippen LogP contribution >= 0.6 is 0 Å². The first-order chi connectivity index (χ1) is 18.8. The number of carbonyl (C=O) groups is 2. The number of ether oxygens (including phenoxy) is 3. The van der Waals surface area contributed by atoms with Gasteiger partial charge in [-0.05, 0) is 65.8 Å². The van der Waals surface area contributed by atoms with E-state index in [0.29, 0.717) is 55.5 Å². The number of fused-ring (bicyclic) bond motifs is 8. The van der Waals surface area contributed by atoms with Crippen LogP contribution < -0.4 is 25.3 Å². The largest absolute Gasteiger partial charge is 0.494 e. The number of nitrogens with zero attached hydrogens (tertiary/aromatic N) is 3. The molecule has 2 amide bonds. The maximum atomic E-state index is 14.0. The molecular weight excluding hydrogens is 498 g/mol. The van der Waals surface area contributed by atoms with Crippen LogP contribution in [0.1, 0.15) is 65.1 Å². The van der Waals surface area contributed by atoms with Crippen LogP contribution in [0.25, 0.3) is 0 Å². The number of aromatic nitrogens is 2. The Morgan fingerprint density at radius 1 is 1.18 bits per heavy atom. The lowest BCUT2D eigenvalue weighted by atomic mass is 9.87. The number of benzene rings is 2. The Labute approximate surface area is 227 Å². The fourth-order valence-corrected chi connectivity index (χ4v) is 4.97. The lowest BCUT2D eigenvalue weighted by Crippen LogP contribution is -2.41. The number of hydrogen-bond donors (Lipinski definition) is 2. The summed E-state index contributed by atoms with van der Waals surface area (Å²) in [6.07, 6.45) is 1.22. The van der Waals surface area contributed by atoms with Crippen molar-refractivity contribution < 1.29 is 23.8 Å². The molecule has 4 heterocycles. The molecule has 1 atom stereocenters. The zero-order valence-corrected chi connectivity index (χ0v) is 22.4. The molecule has 6 rings (SSSR count). The Morgan fingerprint density at radius 2 is 2.03 bits per heavy atom. The van der Waals surface area contributed by atoms with E-state index < -0.39 is 6.04 Å². The molecule has 1 aromatic heterocycles. The van der Waals surface area contributed by atoms with Gasteiger partial charge in [-0.1, -0.05) is 26.0 Å². The van der Waals surface area contributed by atoms with E-state index in [-0.39, 0.29) is 36.0 Å². The minimum absolute atomic E-state index is 0.0721. The van der Waals surface area contributed by atoms with Crippen LogP contribution in [0.3, 0.4) is 0 Å². The highest BCUT2D eigenvalue weighted by Gasteiger charge is 2.35. The molecule has 0 radical (unpaired) electrons. The van der Waals surface area contributed by atoms with Gasteiger partial charge in [-0.15, -0.1) is 0 Å². The van der Waals surface area contributed by atoms with Crippen molar-refractivity contribution in [3.8, 4) is 17.2 Å². The van der Waals surface area contributed by atoms with Crippen LogP contribution in [0.15, 0.2) is 42.5 Å². The van der Waals surface area contributed by atoms with Crippen LogP contribution in [0.4, 0.5) is 5.95 Å². The molecule has 0 aliphatic carbocycles. The summed E-state index contributed by atoms with van der Waals surface area (Å²) in [7, 11) is 1.55. The number of rotatable bonds is 3. The molecule has 0 saturated carbocycles. The van der Waals surface area contributed by atoms with E-state index in [1.165, 1.54) is 0 Å². The lowest BCUT2D eigenvalue weighted by Gasteiger charge is -2.38. The molecule has 39 heavy (non-hydrogen) atoms. The molecule has 0 fully saturated rings. The predicted molar refractivity (Wildman–Crippen MR) is 145 cm³/mol. The Bertz CT molecular complexity index is 1390. The standard InChI is InChI=1S/C29H33N5O5/c1-17(2)22-15-23(33-29(30)32-22)28(36)34-10-8-18-13-25-24(37-3)14-21(18)27(34)19-6-4-7-20(12-19)38-11-5-9-31-26(35)16-39-25/h4,6-7,12-15,17,27H,5,8-11,16H2,1-3H3,(H,31,35)(H2,30,32,33). The number of nitrogen functional groups attached to an aromatic ring is 1. The third kappa shape index (κ3) is 5.59. The molecule has 1 unspecified atom stereocenters. The van der Waals surface area contributed by atoms with Gasteiger partial charge in [0.2, 0.25) is 5.95 Å². The molecule has 0 saturated heterocycles. The zero-order chi connectivity index (χ0) is 27.5. The van der Waals surface area contributed by atoms with E-state index in [9.17, 15) is 9.59 Å². The van der Waals surface area contributed by atoms with Gasteiger partial charge >= 0.3 is 0 Å². The number of amides is 2. The van der Waals surface area contributed by atoms with Crippen LogP contribution in [0.5, 0.6) is 17.2 Å². The number of nitrogens with one attached hydrogen (secondary N) is 1. The van der Waals surface area contributed by atoms with Crippen molar-refractivity contribution in [1.29, 1.82) is 0 Å². The van der Waals surface area contributed by atoms with Crippen molar-refractivity contribution in [1.82, 2.24) is 20.2 Å². The molecular formula is C29H33N5O5. The maximum Gasteiger partial charge on any atom is 0.273 e. The summed E-state index contributed by atoms with van der Waals surface area (Å²) < 4.78 is 17.5. The molecule has 10 nitrogen and oxygen atoms in total. The van der Waals surface area contributed by atoms with E-state index in [0.717, 1.165) is 16.7 Å². The Morgan fingerprint density at radius 3 is 2.82 bits per heavy atom. The van der Waals surface area contributed by atoms with Crippen LogP contribution in [0.2, 0.25) is 0 Å². The first kappa shape index (κ1) is 26.3. The average molecular weight is 532 g/mol. The van der Waals surface area contributed by atoms with Gasteiger partial charge < -0.3 is 30.2 Å². The predicted octanol–water partition coefficient (Wildman–Crippen LogP) is 3.26. The van der Waals surface area contributed by atoms with Gasteiger partial charge in [-0.2, -0.15) is 0 Å². The Kier molecular flexibility index (Phi) is 7.53. The van der Waals surface area contributed by atoms with Crippen molar-refractivity contribution >= 4 is 17.8 Å². The second-order valence-corrected chi connectivity index (χ2v) is 9.96. The number of hydrogen-bond acceptors (Lipinski definition) is 8. The summed E-state index contributed by atoms with van der Waals surface area (Å²) in [5.41, 5.74) is 9.76. The van der Waals surface area contributed by atoms with Crippen molar-refractivity contribution in [3.05, 3.63) is 70.5 Å². The minimum atomic E-state index is -0.442. The van der Waals surface area contributed by atoms with Gasteiger partial charge in [0, 0.05) is 18.8 Å². The van der Waals surface area contributed by atoms with Gasteiger partial charge in [-0.25, -0.2) is 9.97 Å². The molecule has 6 bridgehead atoms. The molecule has 3 aliphatic rings. The second-order valence-electron chi connectivity index (χ2n) is 9.96. The highest BCUT2D eigenvalue weighted by atomic mass is 16.5. The van der Waals surface area contributed by atoms with E-state index in [1.807, 2.05) is 55.1 Å². The fraction of sp³-hybridized carbons (Fsp3) is 0.379. The van der Waals surface area contributed by atoms with E-state index in [4.69, 9.17) is 19.9 Å². The molecule has 0 spiro atoms. The van der Waals surface area contributed by atoms with Crippen molar-refractivity contribution in [2.45, 2.75) is 38.6 Å². The van der Waals surface area contributed by atoms with Crippen molar-refractivity contribution in [2.75, 3.05) is 39.1 Å². The van der Waals surface area contributed by atoms with Crippen molar-refractivity contribution in [3.63, 3.8) is 0 Å². The molecule has 3 N–H and O–H groups in total. The third-order valence-electron chi connectivity index (χ3n) is 6.93. The topological polar surface area (TPSA) is 129 Å². The van der Waals surface area contributed by atoms with E-state index in [2.05, 4.69) is 15.3 Å². The van der Waals surface area contributed by atoms with Crippen LogP contribution in [0, 0.1) is 0 Å². The normalized spacial score (nSPS) is 17.3. The van der Waals surface area contributed by atoms with Crippen LogP contribution in [-0.2, 0) is 11.2 Å². The molecule has 10 heteroatoms. The summed E-state index contributed by atoms with van der Waals surface area (Å²) in [6, 6.07) is 12.8. The minimum Gasteiger partial charge on any atom is -0.494 e. The molecule has 204 valence electrons. The van der Waals surface area contributed by atoms with Gasteiger partial charge in [0.1, 0.15) is 11.4 Å². The average Bonchev–Trinajstić information content (AvgIpc) is 2.93. The highest BCUT2D eigenvalue weighted by Crippen LogP contribution is 2.42. The van der Waals surface area contributed by atoms with E-state index in [1.54, 1.807) is 13.2 Å². The summed E-state index contributed by atoms with van der Waals surface area (Å²) in [6.45, 7) is 5.20. The monoisotopic (exact) mass is 531 g/mol. The number of methoxy groups -OCH3 is 1. The summed E-state index contributed by atoms with van der Waals surface area (Å²) in [5, 5.41) is 2.85. The smallest absolute Gasteiger partial charge is 0.273 e. The van der Waals surface area contributed by atoms with E-state index >= 15 is 0 Å². The van der Waals surface area contributed by atoms with Gasteiger partial charge in [-0.3, -0.25) is 9.59 Å². The third-order valence-corrected chi connectivity index (χ3v) is 6.93. The number of anilines is 1. The quantitative estimate of drug-likeness (QED) is 0.527. The highest BCUT2D eigenvalue weighted by molar-refractivity contribution is 5.93. The maximum absolute atomic E-state index is 14.0. The molecule has 2 aromatic carbocycles. The summed E-state index contributed by atoms with van der Waals surface area (Å²) >= 11 is 0. The summed E-state index contributed by atoms with van der Waals surface area (Å²) in [4.78, 5) is 36.7. The number of nitrogens with two attached hydrogens (primary N) is 1. The molecule has 3 aliphatic heterocycles. The second kappa shape index (κ2) is 11.2. The van der Waals surface area contributed by atoms with Gasteiger partial charge in [0.05, 0.1) is 19.8 Å². The Hall–Kier alpha value is -4.34. The first-order valence-corrected chi connectivity index (χ1v) is 13.1. The number of carbonyl (C=O) groups excluding carboxylic acids is 2. The first-order valence-electron chi connectivity index (χ1n) is 13.1. The van der Waals surface area contributed by atoms with Crippen LogP contribution in [-0.4, -0.2) is 60.1 Å². The van der Waals surface area contributed by atoms with Gasteiger partial charge in [0.15, 0.2) is 18.1 Å². The van der Waals surface area contributed by atoms with Crippen molar-refractivity contribution in [2.24, 2.45) is 0 Å². The van der Waals surface area contributed by atoms with Gasteiger partial charge in [0.25, 0.3) is 11.8 Å². The summed E-state index contributed by atoms with van der Waals surface area (Å²) in [5.74, 6) is 1.36. The lowest BCUT2D eigenvalue weighted by molar-refractivity contribution is -0.123. The SMILES string of the molecule is COc1cc2c3cc1OCC(=O)NCCCOc1cccc(c1)C2N(C(=O)c1cc(C(C)C)nc(N)n1)CC3.